The Morgan fingerprint density at radius 2 is 0.935 bits per heavy atom. The van der Waals surface area contributed by atoms with Crippen molar-refractivity contribution < 1.29 is 0 Å². The Bertz CT molecular complexity index is 3470. The van der Waals surface area contributed by atoms with Gasteiger partial charge in [-0.15, -0.1) is 0 Å². The van der Waals surface area contributed by atoms with Gasteiger partial charge < -0.3 is 9.13 Å². The third kappa shape index (κ3) is 5.99. The van der Waals surface area contributed by atoms with Crippen molar-refractivity contribution in [1.82, 2.24) is 19.1 Å². The standard InChI is InChI=1S/C58H40N4/c1-6-20-39(21-7-1)47-34-43(58-59-51(41-24-10-3-11-25-41)37-52(60-58)42-26-12-4-13-27-42)35-48(40-22-8-2-9-23-40)57(47)62-54-33-19-17-31-46(54)50-36-49-45-30-16-18-32-53(45)61(55(49)38-56(50)62)44-28-14-5-15-29-44/h1-22,24-38,40H,23H2. The Kier molecular flexibility index (Phi) is 8.60. The third-order valence-electron chi connectivity index (χ3n) is 12.4. The summed E-state index contributed by atoms with van der Waals surface area (Å²) in [5.74, 6) is 0.806. The second-order valence-corrected chi connectivity index (χ2v) is 16.1. The Balaban J connectivity index is 1.20. The lowest BCUT2D eigenvalue weighted by Gasteiger charge is -2.25. The van der Waals surface area contributed by atoms with Crippen LogP contribution >= 0.6 is 0 Å². The molecule has 1 aliphatic carbocycles. The quantitative estimate of drug-likeness (QED) is 0.161. The smallest absolute Gasteiger partial charge is 0.160 e. The molecule has 0 amide bonds. The molecule has 0 bridgehead atoms. The second-order valence-electron chi connectivity index (χ2n) is 16.1. The maximum Gasteiger partial charge on any atom is 0.160 e. The van der Waals surface area contributed by atoms with Crippen molar-refractivity contribution in [3.05, 3.63) is 230 Å². The van der Waals surface area contributed by atoms with E-state index in [1.165, 1.54) is 49.3 Å². The van der Waals surface area contributed by atoms with E-state index in [1.54, 1.807) is 0 Å². The summed E-state index contributed by atoms with van der Waals surface area (Å²) < 4.78 is 4.96. The second kappa shape index (κ2) is 14.9. The van der Waals surface area contributed by atoms with Gasteiger partial charge in [0.05, 0.1) is 39.1 Å². The van der Waals surface area contributed by atoms with E-state index in [4.69, 9.17) is 9.97 Å². The minimum Gasteiger partial charge on any atom is -0.309 e. The number of hydrogen-bond donors (Lipinski definition) is 0. The summed E-state index contributed by atoms with van der Waals surface area (Å²) in [6, 6.07) is 71.9. The maximum absolute atomic E-state index is 5.35. The van der Waals surface area contributed by atoms with Gasteiger partial charge in [-0.1, -0.05) is 170 Å². The van der Waals surface area contributed by atoms with Crippen LogP contribution in [0.25, 0.3) is 100 Å². The largest absolute Gasteiger partial charge is 0.309 e. The molecule has 62 heavy (non-hydrogen) atoms. The number of nitrogens with zero attached hydrogens (tertiary/aromatic N) is 4. The molecule has 0 saturated heterocycles. The van der Waals surface area contributed by atoms with Crippen LogP contribution in [-0.4, -0.2) is 19.1 Å². The zero-order chi connectivity index (χ0) is 41.0. The lowest BCUT2D eigenvalue weighted by Crippen LogP contribution is -2.08. The monoisotopic (exact) mass is 792 g/mol. The summed E-state index contributed by atoms with van der Waals surface area (Å²) in [5.41, 5.74) is 15.4. The van der Waals surface area contributed by atoms with Crippen molar-refractivity contribution in [2.24, 2.45) is 0 Å². The van der Waals surface area contributed by atoms with Crippen LogP contribution in [0.4, 0.5) is 0 Å². The van der Waals surface area contributed by atoms with E-state index in [0.717, 1.165) is 56.8 Å². The number of para-hydroxylation sites is 3. The molecule has 292 valence electrons. The SMILES string of the molecule is C1=CCC(c2cc(-c3nc(-c4ccccc4)cc(-c4ccccc4)n3)cc(-c3ccccc3)c2-n2c3ccccc3c3cc4c5ccccc5n(-c5ccccc5)c4cc32)C=C1. The first-order valence-electron chi connectivity index (χ1n) is 21.4. The topological polar surface area (TPSA) is 35.6 Å². The summed E-state index contributed by atoms with van der Waals surface area (Å²) in [6.07, 6.45) is 9.88. The van der Waals surface area contributed by atoms with Crippen LogP contribution in [0, 0.1) is 0 Å². The van der Waals surface area contributed by atoms with Crippen molar-refractivity contribution in [2.45, 2.75) is 12.3 Å². The van der Waals surface area contributed by atoms with Gasteiger partial charge in [0.15, 0.2) is 5.82 Å². The van der Waals surface area contributed by atoms with Gasteiger partial charge in [0.2, 0.25) is 0 Å². The third-order valence-corrected chi connectivity index (χ3v) is 12.4. The summed E-state index contributed by atoms with van der Waals surface area (Å²) in [5, 5.41) is 4.93. The molecule has 0 radical (unpaired) electrons. The summed E-state index contributed by atoms with van der Waals surface area (Å²) in [4.78, 5) is 10.7. The molecule has 0 fully saturated rings. The lowest BCUT2D eigenvalue weighted by atomic mass is 9.86. The first-order chi connectivity index (χ1) is 30.8. The van der Waals surface area contributed by atoms with Crippen molar-refractivity contribution in [2.75, 3.05) is 0 Å². The molecule has 0 N–H and O–H groups in total. The molecule has 8 aromatic carbocycles. The van der Waals surface area contributed by atoms with E-state index < -0.39 is 0 Å². The van der Waals surface area contributed by atoms with Crippen LogP contribution in [0.3, 0.4) is 0 Å². The lowest BCUT2D eigenvalue weighted by molar-refractivity contribution is 0.844. The minimum atomic E-state index is 0.110. The first-order valence-corrected chi connectivity index (χ1v) is 21.4. The van der Waals surface area contributed by atoms with Gasteiger partial charge in [0.25, 0.3) is 0 Å². The van der Waals surface area contributed by atoms with Crippen molar-refractivity contribution >= 4 is 43.6 Å². The highest BCUT2D eigenvalue weighted by molar-refractivity contribution is 6.19. The van der Waals surface area contributed by atoms with Crippen LogP contribution in [-0.2, 0) is 0 Å². The van der Waals surface area contributed by atoms with Gasteiger partial charge >= 0.3 is 0 Å². The fraction of sp³-hybridized carbons (Fsp3) is 0.0345. The van der Waals surface area contributed by atoms with E-state index in [1.807, 2.05) is 12.1 Å². The molecule has 1 atom stereocenters. The normalized spacial score (nSPS) is 13.8. The van der Waals surface area contributed by atoms with E-state index >= 15 is 0 Å². The number of fused-ring (bicyclic) bond motifs is 6. The van der Waals surface area contributed by atoms with Crippen LogP contribution in [0.15, 0.2) is 224 Å². The summed E-state index contributed by atoms with van der Waals surface area (Å²) >= 11 is 0. The molecule has 3 aromatic heterocycles. The number of benzene rings is 8. The molecule has 1 unspecified atom stereocenters. The van der Waals surface area contributed by atoms with Crippen LogP contribution < -0.4 is 0 Å². The average molecular weight is 793 g/mol. The minimum absolute atomic E-state index is 0.110. The molecular formula is C58H40N4. The summed E-state index contributed by atoms with van der Waals surface area (Å²) in [6.45, 7) is 0. The van der Waals surface area contributed by atoms with E-state index in [9.17, 15) is 0 Å². The molecule has 1 aliphatic rings. The zero-order valence-corrected chi connectivity index (χ0v) is 33.9. The zero-order valence-electron chi connectivity index (χ0n) is 33.9. The number of rotatable bonds is 7. The van der Waals surface area contributed by atoms with Crippen molar-refractivity contribution in [3.63, 3.8) is 0 Å². The molecule has 4 nitrogen and oxygen atoms in total. The van der Waals surface area contributed by atoms with E-state index in [-0.39, 0.29) is 5.92 Å². The Hall–Kier alpha value is -8.08. The molecule has 4 heteroatoms. The molecule has 3 heterocycles. The predicted octanol–water partition coefficient (Wildman–Crippen LogP) is 14.9. The Morgan fingerprint density at radius 1 is 0.403 bits per heavy atom. The molecule has 12 rings (SSSR count). The fourth-order valence-corrected chi connectivity index (χ4v) is 9.58. The van der Waals surface area contributed by atoms with Gasteiger partial charge in [0.1, 0.15) is 0 Å². The van der Waals surface area contributed by atoms with E-state index in [2.05, 4.69) is 221 Å². The fourth-order valence-electron chi connectivity index (χ4n) is 9.58. The molecule has 0 spiro atoms. The highest BCUT2D eigenvalue weighted by atomic mass is 15.0. The highest BCUT2D eigenvalue weighted by Crippen LogP contribution is 2.46. The molecular weight excluding hydrogens is 753 g/mol. The first kappa shape index (κ1) is 35.8. The summed E-state index contributed by atoms with van der Waals surface area (Å²) in [7, 11) is 0. The molecule has 11 aromatic rings. The van der Waals surface area contributed by atoms with Gasteiger partial charge in [-0.25, -0.2) is 9.97 Å². The Morgan fingerprint density at radius 3 is 1.53 bits per heavy atom. The van der Waals surface area contributed by atoms with Crippen molar-refractivity contribution in [3.8, 4) is 56.4 Å². The molecule has 0 aliphatic heterocycles. The Labute approximate surface area is 360 Å². The molecule has 0 saturated carbocycles. The van der Waals surface area contributed by atoms with Crippen molar-refractivity contribution in [1.29, 1.82) is 0 Å². The highest BCUT2D eigenvalue weighted by Gasteiger charge is 2.26. The number of allylic oxidation sites excluding steroid dienone is 4. The average Bonchev–Trinajstić information content (AvgIpc) is 3.85. The van der Waals surface area contributed by atoms with Gasteiger partial charge in [0, 0.05) is 55.4 Å². The van der Waals surface area contributed by atoms with Gasteiger partial charge in [-0.2, -0.15) is 0 Å². The van der Waals surface area contributed by atoms with E-state index in [0.29, 0.717) is 5.82 Å². The van der Waals surface area contributed by atoms with Crippen LogP contribution in [0.1, 0.15) is 17.9 Å². The number of hydrogen-bond acceptors (Lipinski definition) is 2. The predicted molar refractivity (Wildman–Crippen MR) is 258 cm³/mol. The van der Waals surface area contributed by atoms with Gasteiger partial charge in [-0.05, 0) is 72.1 Å². The van der Waals surface area contributed by atoms with Crippen LogP contribution in [0.2, 0.25) is 0 Å². The van der Waals surface area contributed by atoms with Gasteiger partial charge in [-0.3, -0.25) is 0 Å². The number of aromatic nitrogens is 4. The maximum atomic E-state index is 5.35. The van der Waals surface area contributed by atoms with Crippen LogP contribution in [0.5, 0.6) is 0 Å².